The molecule has 0 unspecified atom stereocenters. The van der Waals surface area contributed by atoms with Crippen molar-refractivity contribution in [3.05, 3.63) is 86.3 Å². The summed E-state index contributed by atoms with van der Waals surface area (Å²) >= 11 is 9.58. The highest BCUT2D eigenvalue weighted by molar-refractivity contribution is 9.10. The maximum absolute atomic E-state index is 12.3. The number of hydrogen-bond donors (Lipinski definition) is 1. The highest BCUT2D eigenvalue weighted by Gasteiger charge is 2.08. The van der Waals surface area contributed by atoms with E-state index in [1.54, 1.807) is 18.3 Å². The fourth-order valence-electron chi connectivity index (χ4n) is 2.85. The Morgan fingerprint density at radius 3 is 2.60 bits per heavy atom. The summed E-state index contributed by atoms with van der Waals surface area (Å²) in [5, 5.41) is 3.39. The van der Waals surface area contributed by atoms with Crippen LogP contribution < -0.4 is 10.1 Å². The Bertz CT molecular complexity index is 1110. The number of carbonyl (C=O) groups is 1. The van der Waals surface area contributed by atoms with Crippen molar-refractivity contribution in [3.8, 4) is 5.75 Å². The highest BCUT2D eigenvalue weighted by Crippen LogP contribution is 2.25. The molecule has 0 fully saturated rings. The summed E-state index contributed by atoms with van der Waals surface area (Å²) in [4.78, 5) is 16.9. The summed E-state index contributed by atoms with van der Waals surface area (Å²) < 4.78 is 6.66. The molecular weight excluding hydrogens is 464 g/mol. The molecule has 0 saturated heterocycles. The molecule has 154 valence electrons. The Labute approximate surface area is 190 Å². The molecule has 3 rings (SSSR count). The van der Waals surface area contributed by atoms with Gasteiger partial charge >= 0.3 is 0 Å². The van der Waals surface area contributed by atoms with E-state index in [1.807, 2.05) is 50.2 Å². The molecule has 0 bridgehead atoms. The number of aliphatic imine (C=N–C) groups is 1. The van der Waals surface area contributed by atoms with Gasteiger partial charge in [0.2, 0.25) is 0 Å². The third-order valence-corrected chi connectivity index (χ3v) is 5.38. The van der Waals surface area contributed by atoms with Crippen molar-refractivity contribution in [2.24, 2.45) is 4.99 Å². The Morgan fingerprint density at radius 1 is 1.07 bits per heavy atom. The lowest BCUT2D eigenvalue weighted by molar-refractivity contribution is -0.118. The first-order chi connectivity index (χ1) is 14.3. The lowest BCUT2D eigenvalue weighted by atomic mass is 10.1. The number of hydrogen-bond acceptors (Lipinski definition) is 3. The molecule has 0 aliphatic carbocycles. The molecule has 0 spiro atoms. The van der Waals surface area contributed by atoms with Crippen LogP contribution in [0, 0.1) is 20.8 Å². The van der Waals surface area contributed by atoms with Crippen LogP contribution >= 0.6 is 27.5 Å². The molecule has 0 aliphatic rings. The van der Waals surface area contributed by atoms with E-state index in [0.717, 1.165) is 26.9 Å². The van der Waals surface area contributed by atoms with Crippen LogP contribution in [0.4, 0.5) is 11.4 Å². The van der Waals surface area contributed by atoms with Crippen molar-refractivity contribution in [3.63, 3.8) is 0 Å². The van der Waals surface area contributed by atoms with Crippen LogP contribution in [0.3, 0.4) is 0 Å². The number of rotatable bonds is 6. The maximum atomic E-state index is 12.3. The lowest BCUT2D eigenvalue weighted by Crippen LogP contribution is -2.20. The zero-order chi connectivity index (χ0) is 21.7. The van der Waals surface area contributed by atoms with Gasteiger partial charge in [-0.25, -0.2) is 0 Å². The van der Waals surface area contributed by atoms with Crippen molar-refractivity contribution < 1.29 is 9.53 Å². The Balaban J connectivity index is 1.71. The largest absolute Gasteiger partial charge is 0.483 e. The molecule has 1 N–H and O–H groups in total. The molecule has 3 aromatic rings. The van der Waals surface area contributed by atoms with Gasteiger partial charge in [0.1, 0.15) is 5.75 Å². The third-order valence-electron chi connectivity index (χ3n) is 4.48. The number of amides is 1. The molecule has 0 heterocycles. The summed E-state index contributed by atoms with van der Waals surface area (Å²) in [6.45, 7) is 5.86. The van der Waals surface area contributed by atoms with Gasteiger partial charge in [0.15, 0.2) is 6.61 Å². The van der Waals surface area contributed by atoms with Crippen LogP contribution in [0.25, 0.3) is 0 Å². The highest BCUT2D eigenvalue weighted by atomic mass is 79.9. The monoisotopic (exact) mass is 484 g/mol. The van der Waals surface area contributed by atoms with Crippen LogP contribution in [0.2, 0.25) is 5.02 Å². The normalized spacial score (nSPS) is 11.0. The van der Waals surface area contributed by atoms with Gasteiger partial charge in [0, 0.05) is 27.0 Å². The standard InChI is InChI=1S/C24H22BrClN2O2/c1-15-4-8-22(17(3)10-15)27-13-18-11-19(25)6-9-23(18)30-14-24(29)28-20-7-5-16(2)21(26)12-20/h4-13H,14H2,1-3H3,(H,28,29). The first-order valence-electron chi connectivity index (χ1n) is 9.41. The number of nitrogens with zero attached hydrogens (tertiary/aromatic N) is 1. The van der Waals surface area contributed by atoms with Crippen molar-refractivity contribution in [1.82, 2.24) is 0 Å². The van der Waals surface area contributed by atoms with Crippen LogP contribution in [0.5, 0.6) is 5.75 Å². The minimum absolute atomic E-state index is 0.127. The average molecular weight is 486 g/mol. The molecule has 6 heteroatoms. The number of carbonyl (C=O) groups excluding carboxylic acids is 1. The number of anilines is 1. The molecule has 0 aliphatic heterocycles. The van der Waals surface area contributed by atoms with Crippen molar-refractivity contribution >= 4 is 51.0 Å². The summed E-state index contributed by atoms with van der Waals surface area (Å²) in [5.41, 5.74) is 5.54. The minimum atomic E-state index is -0.268. The van der Waals surface area contributed by atoms with E-state index >= 15 is 0 Å². The fraction of sp³-hybridized carbons (Fsp3) is 0.167. The Hall–Kier alpha value is -2.63. The second kappa shape index (κ2) is 9.92. The van der Waals surface area contributed by atoms with Gasteiger partial charge < -0.3 is 10.1 Å². The SMILES string of the molecule is Cc1ccc(N=Cc2cc(Br)ccc2OCC(=O)Nc2ccc(C)c(Cl)c2)c(C)c1. The van der Waals surface area contributed by atoms with E-state index in [0.29, 0.717) is 16.5 Å². The molecule has 3 aromatic carbocycles. The zero-order valence-electron chi connectivity index (χ0n) is 17.0. The predicted molar refractivity (Wildman–Crippen MR) is 128 cm³/mol. The van der Waals surface area contributed by atoms with Gasteiger partial charge in [0.25, 0.3) is 5.91 Å². The van der Waals surface area contributed by atoms with Gasteiger partial charge in [0.05, 0.1) is 5.69 Å². The zero-order valence-corrected chi connectivity index (χ0v) is 19.3. The van der Waals surface area contributed by atoms with E-state index in [9.17, 15) is 4.79 Å². The van der Waals surface area contributed by atoms with Crippen molar-refractivity contribution in [2.45, 2.75) is 20.8 Å². The van der Waals surface area contributed by atoms with Crippen LogP contribution in [0.1, 0.15) is 22.3 Å². The first-order valence-corrected chi connectivity index (χ1v) is 10.6. The van der Waals surface area contributed by atoms with Gasteiger partial charge in [-0.3, -0.25) is 9.79 Å². The van der Waals surface area contributed by atoms with Crippen molar-refractivity contribution in [1.29, 1.82) is 0 Å². The molecule has 0 atom stereocenters. The average Bonchev–Trinajstić information content (AvgIpc) is 2.69. The second-order valence-electron chi connectivity index (χ2n) is 7.03. The number of ether oxygens (including phenoxy) is 1. The summed E-state index contributed by atoms with van der Waals surface area (Å²) in [7, 11) is 0. The molecule has 1 amide bonds. The topological polar surface area (TPSA) is 50.7 Å². The molecule has 4 nitrogen and oxygen atoms in total. The van der Waals surface area contributed by atoms with E-state index in [2.05, 4.69) is 39.2 Å². The quantitative estimate of drug-likeness (QED) is 0.391. The predicted octanol–water partition coefficient (Wildman–Crippen LogP) is 6.80. The molecular formula is C24H22BrClN2O2. The van der Waals surface area contributed by atoms with E-state index in [-0.39, 0.29) is 12.5 Å². The number of nitrogens with one attached hydrogen (secondary N) is 1. The summed E-state index contributed by atoms with van der Waals surface area (Å²) in [6.07, 6.45) is 1.75. The maximum Gasteiger partial charge on any atom is 0.262 e. The van der Waals surface area contributed by atoms with E-state index < -0.39 is 0 Å². The van der Waals surface area contributed by atoms with Gasteiger partial charge in [-0.2, -0.15) is 0 Å². The van der Waals surface area contributed by atoms with Crippen molar-refractivity contribution in [2.75, 3.05) is 11.9 Å². The number of benzene rings is 3. The second-order valence-corrected chi connectivity index (χ2v) is 8.35. The number of aryl methyl sites for hydroxylation is 3. The molecule has 0 aromatic heterocycles. The number of halogens is 2. The molecule has 0 saturated carbocycles. The molecule has 30 heavy (non-hydrogen) atoms. The third kappa shape index (κ3) is 5.94. The Kier molecular flexibility index (Phi) is 7.29. The Morgan fingerprint density at radius 2 is 1.87 bits per heavy atom. The van der Waals surface area contributed by atoms with Crippen LogP contribution in [-0.4, -0.2) is 18.7 Å². The van der Waals surface area contributed by atoms with Crippen LogP contribution in [0.15, 0.2) is 64.1 Å². The smallest absolute Gasteiger partial charge is 0.262 e. The van der Waals surface area contributed by atoms with Gasteiger partial charge in [-0.05, 0) is 68.3 Å². The van der Waals surface area contributed by atoms with Crippen LogP contribution in [-0.2, 0) is 4.79 Å². The first kappa shape index (κ1) is 22.1. The minimum Gasteiger partial charge on any atom is -0.483 e. The molecule has 0 radical (unpaired) electrons. The van der Waals surface area contributed by atoms with E-state index in [1.165, 1.54) is 5.56 Å². The summed E-state index contributed by atoms with van der Waals surface area (Å²) in [5.74, 6) is 0.305. The van der Waals surface area contributed by atoms with Gasteiger partial charge in [-0.1, -0.05) is 51.3 Å². The fourth-order valence-corrected chi connectivity index (χ4v) is 3.41. The van der Waals surface area contributed by atoms with E-state index in [4.69, 9.17) is 16.3 Å². The summed E-state index contributed by atoms with van der Waals surface area (Å²) in [6, 6.07) is 17.1. The lowest BCUT2D eigenvalue weighted by Gasteiger charge is -2.11. The van der Waals surface area contributed by atoms with Gasteiger partial charge in [-0.15, -0.1) is 0 Å².